The van der Waals surface area contributed by atoms with Crippen LogP contribution in [0, 0.1) is 12.0 Å². The molecule has 0 saturated heterocycles. The van der Waals surface area contributed by atoms with Crippen LogP contribution >= 0.6 is 0 Å². The number of carbonyl (C=O) groups excluding carboxylic acids is 2. The predicted octanol–water partition coefficient (Wildman–Crippen LogP) is 1.35. The molecule has 0 radical (unpaired) electrons. The Kier molecular flexibility index (Phi) is 5.35. The molecule has 1 aromatic carbocycles. The normalized spacial score (nSPS) is 14.4. The first kappa shape index (κ1) is 20.7. The van der Waals surface area contributed by atoms with Crippen molar-refractivity contribution in [3.05, 3.63) is 70.6 Å². The molecule has 2 aromatic rings. The minimum absolute atomic E-state index is 0.0960. The topological polar surface area (TPSA) is 134 Å². The first-order chi connectivity index (χ1) is 15.4. The highest BCUT2D eigenvalue weighted by molar-refractivity contribution is 6.16. The van der Waals surface area contributed by atoms with E-state index in [9.17, 15) is 9.59 Å². The zero-order chi connectivity index (χ0) is 22.8. The van der Waals surface area contributed by atoms with Gasteiger partial charge in [0.15, 0.2) is 17.3 Å². The van der Waals surface area contributed by atoms with Crippen LogP contribution in [-0.2, 0) is 16.0 Å². The summed E-state index contributed by atoms with van der Waals surface area (Å²) in [6.45, 7) is 0. The van der Waals surface area contributed by atoms with Gasteiger partial charge in [-0.3, -0.25) is 9.59 Å². The van der Waals surface area contributed by atoms with Gasteiger partial charge in [0.05, 0.1) is 31.1 Å². The van der Waals surface area contributed by atoms with Gasteiger partial charge in [0, 0.05) is 30.3 Å². The Morgan fingerprint density at radius 3 is 2.69 bits per heavy atom. The summed E-state index contributed by atoms with van der Waals surface area (Å²) in [7, 11) is 3.02. The summed E-state index contributed by atoms with van der Waals surface area (Å²) in [6.07, 6.45) is 7.92. The molecule has 1 aliphatic heterocycles. The van der Waals surface area contributed by atoms with E-state index in [1.807, 2.05) is 0 Å². The van der Waals surface area contributed by atoms with Crippen molar-refractivity contribution < 1.29 is 19.1 Å². The second-order valence-corrected chi connectivity index (χ2v) is 6.94. The van der Waals surface area contributed by atoms with Crippen molar-refractivity contribution >= 4 is 23.5 Å². The number of anilines is 2. The second kappa shape index (κ2) is 8.28. The highest BCUT2D eigenvalue weighted by Crippen LogP contribution is 2.34. The number of nitrogens with zero attached hydrogens (tertiary/aromatic N) is 3. The molecule has 0 fully saturated rings. The van der Waals surface area contributed by atoms with Crippen molar-refractivity contribution in [2.45, 2.75) is 6.42 Å². The molecule has 9 nitrogen and oxygen atoms in total. The van der Waals surface area contributed by atoms with E-state index in [0.29, 0.717) is 40.3 Å². The van der Waals surface area contributed by atoms with E-state index in [1.165, 1.54) is 31.3 Å². The van der Waals surface area contributed by atoms with Crippen LogP contribution in [0.4, 0.5) is 11.8 Å². The van der Waals surface area contributed by atoms with E-state index in [2.05, 4.69) is 21.9 Å². The van der Waals surface area contributed by atoms with E-state index >= 15 is 0 Å². The van der Waals surface area contributed by atoms with Gasteiger partial charge in [0.1, 0.15) is 5.82 Å². The van der Waals surface area contributed by atoms with Crippen LogP contribution in [0.25, 0.3) is 0 Å². The highest BCUT2D eigenvalue weighted by Gasteiger charge is 2.30. The molecule has 1 amide bonds. The van der Waals surface area contributed by atoms with Crippen molar-refractivity contribution in [2.75, 3.05) is 25.7 Å². The third kappa shape index (κ3) is 3.77. The first-order valence-electron chi connectivity index (χ1n) is 9.53. The van der Waals surface area contributed by atoms with E-state index in [0.717, 1.165) is 5.56 Å². The molecule has 4 rings (SSSR count). The number of ketones is 1. The lowest BCUT2D eigenvalue weighted by Crippen LogP contribution is -2.20. The van der Waals surface area contributed by atoms with Gasteiger partial charge in [-0.25, -0.2) is 9.88 Å². The number of benzene rings is 1. The number of nitrogen functional groups attached to an aromatic ring is 2. The molecule has 2 aliphatic rings. The number of fused-ring (bicyclic) bond motifs is 1. The van der Waals surface area contributed by atoms with Crippen LogP contribution in [0.5, 0.6) is 11.5 Å². The van der Waals surface area contributed by atoms with Gasteiger partial charge in [-0.15, -0.1) is 0 Å². The molecule has 0 unspecified atom stereocenters. The van der Waals surface area contributed by atoms with Crippen LogP contribution in [0.3, 0.4) is 0 Å². The molecule has 0 bridgehead atoms. The molecule has 2 heterocycles. The zero-order valence-corrected chi connectivity index (χ0v) is 17.4. The molecule has 0 atom stereocenters. The fourth-order valence-electron chi connectivity index (χ4n) is 3.42. The molecule has 160 valence electrons. The van der Waals surface area contributed by atoms with Crippen molar-refractivity contribution in [3.8, 4) is 23.5 Å². The van der Waals surface area contributed by atoms with Crippen LogP contribution in [0.1, 0.15) is 16.7 Å². The van der Waals surface area contributed by atoms with Gasteiger partial charge >= 0.3 is 0 Å². The van der Waals surface area contributed by atoms with Gasteiger partial charge in [0.2, 0.25) is 5.95 Å². The monoisotopic (exact) mass is 429 g/mol. The summed E-state index contributed by atoms with van der Waals surface area (Å²) in [5.74, 6) is 3.61. The Hall–Kier alpha value is -4.58. The maximum Gasteiger partial charge on any atom is 0.263 e. The maximum atomic E-state index is 12.4. The number of hydrogen-bond acceptors (Lipinski definition) is 8. The molecule has 1 aliphatic carbocycles. The fourth-order valence-corrected chi connectivity index (χ4v) is 3.42. The summed E-state index contributed by atoms with van der Waals surface area (Å²) in [5.41, 5.74) is 14.3. The largest absolute Gasteiger partial charge is 0.493 e. The third-order valence-electron chi connectivity index (χ3n) is 4.92. The molecule has 0 saturated carbocycles. The Balaban J connectivity index is 1.72. The Bertz CT molecular complexity index is 1300. The summed E-state index contributed by atoms with van der Waals surface area (Å²) < 4.78 is 11.0. The molecule has 9 heteroatoms. The Labute approximate surface area is 184 Å². The number of nitrogens with two attached hydrogens (primary N) is 2. The number of rotatable bonds is 4. The summed E-state index contributed by atoms with van der Waals surface area (Å²) in [4.78, 5) is 33.6. The van der Waals surface area contributed by atoms with Gasteiger partial charge in [0.25, 0.3) is 5.91 Å². The third-order valence-corrected chi connectivity index (χ3v) is 4.92. The number of aromatic nitrogens is 2. The van der Waals surface area contributed by atoms with Crippen molar-refractivity contribution in [1.82, 2.24) is 14.9 Å². The highest BCUT2D eigenvalue weighted by atomic mass is 16.5. The SMILES string of the molecule is COc1cc(Cc2cnc(N)nc2N)cc(C#CN2C(=O)C=C3C(=O)C=CC=C32)c1OC. The molecule has 4 N–H and O–H groups in total. The lowest BCUT2D eigenvalue weighted by Gasteiger charge is -2.14. The van der Waals surface area contributed by atoms with E-state index in [1.54, 1.807) is 30.5 Å². The summed E-state index contributed by atoms with van der Waals surface area (Å²) in [6, 6.07) is 6.43. The lowest BCUT2D eigenvalue weighted by molar-refractivity contribution is -0.120. The molecule has 32 heavy (non-hydrogen) atoms. The number of carbonyl (C=O) groups is 2. The molecule has 0 spiro atoms. The maximum absolute atomic E-state index is 12.4. The molecular weight excluding hydrogens is 410 g/mol. The van der Waals surface area contributed by atoms with E-state index in [4.69, 9.17) is 20.9 Å². The number of hydrogen-bond donors (Lipinski definition) is 2. The van der Waals surface area contributed by atoms with Crippen molar-refractivity contribution in [1.29, 1.82) is 0 Å². The van der Waals surface area contributed by atoms with Crippen molar-refractivity contribution in [3.63, 3.8) is 0 Å². The van der Waals surface area contributed by atoms with E-state index in [-0.39, 0.29) is 23.5 Å². The van der Waals surface area contributed by atoms with Crippen LogP contribution in [0.2, 0.25) is 0 Å². The molecular formula is C23H19N5O4. The van der Waals surface area contributed by atoms with Crippen LogP contribution in [-0.4, -0.2) is 40.8 Å². The van der Waals surface area contributed by atoms with Crippen molar-refractivity contribution in [2.24, 2.45) is 0 Å². The molecule has 1 aromatic heterocycles. The standard InChI is InChI=1S/C23H19N5O4/c1-31-19-10-13(9-15-12-26-23(25)27-22(15)24)8-14(21(19)32-2)6-7-28-17-4-3-5-18(29)16(17)11-20(28)30/h3-5,8,10-12H,9H2,1-2H3,(H4,24,25,26,27). The first-order valence-corrected chi connectivity index (χ1v) is 9.53. The average Bonchev–Trinajstić information content (AvgIpc) is 3.10. The lowest BCUT2D eigenvalue weighted by atomic mass is 10.0. The minimum atomic E-state index is -0.385. The predicted molar refractivity (Wildman–Crippen MR) is 117 cm³/mol. The van der Waals surface area contributed by atoms with E-state index < -0.39 is 0 Å². The zero-order valence-electron chi connectivity index (χ0n) is 17.4. The quantitative estimate of drug-likeness (QED) is 0.696. The van der Waals surface area contributed by atoms with Crippen LogP contribution < -0.4 is 20.9 Å². The van der Waals surface area contributed by atoms with Gasteiger partial charge in [-0.1, -0.05) is 6.08 Å². The Morgan fingerprint density at radius 1 is 1.16 bits per heavy atom. The minimum Gasteiger partial charge on any atom is -0.493 e. The van der Waals surface area contributed by atoms with Gasteiger partial charge in [-0.2, -0.15) is 4.98 Å². The van der Waals surface area contributed by atoms with Gasteiger partial charge < -0.3 is 20.9 Å². The second-order valence-electron chi connectivity index (χ2n) is 6.94. The smallest absolute Gasteiger partial charge is 0.263 e. The average molecular weight is 429 g/mol. The number of ether oxygens (including phenoxy) is 2. The van der Waals surface area contributed by atoms with Crippen LogP contribution in [0.15, 0.2) is 53.9 Å². The number of amides is 1. The van der Waals surface area contributed by atoms with Gasteiger partial charge in [-0.05, 0) is 35.8 Å². The summed E-state index contributed by atoms with van der Waals surface area (Å²) >= 11 is 0. The Morgan fingerprint density at radius 2 is 1.97 bits per heavy atom. The number of methoxy groups -OCH3 is 2. The number of allylic oxidation sites excluding steroid dienone is 4. The fraction of sp³-hybridized carbons (Fsp3) is 0.130. The summed E-state index contributed by atoms with van der Waals surface area (Å²) in [5, 5.41) is 0.